The molecule has 1 atom stereocenters. The third-order valence-corrected chi connectivity index (χ3v) is 4.29. The highest BCUT2D eigenvalue weighted by atomic mass is 16.6. The van der Waals surface area contributed by atoms with Gasteiger partial charge in [0.1, 0.15) is 11.2 Å². The van der Waals surface area contributed by atoms with E-state index in [0.717, 1.165) is 5.56 Å². The van der Waals surface area contributed by atoms with Crippen molar-refractivity contribution >= 4 is 17.7 Å². The molecule has 1 fully saturated rings. The topological polar surface area (TPSA) is 93.4 Å². The van der Waals surface area contributed by atoms with Crippen LogP contribution in [-0.4, -0.2) is 62.9 Å². The van der Waals surface area contributed by atoms with Crippen LogP contribution in [-0.2, 0) is 15.9 Å². The smallest absolute Gasteiger partial charge is 0.410 e. The van der Waals surface area contributed by atoms with Crippen molar-refractivity contribution < 1.29 is 24.2 Å². The molecule has 2 aromatic heterocycles. The average Bonchev–Trinajstić information content (AvgIpc) is 2.91. The van der Waals surface area contributed by atoms with Crippen molar-refractivity contribution in [3.8, 4) is 0 Å². The monoisotopic (exact) mass is 375 g/mol. The number of aromatic nitrogens is 2. The van der Waals surface area contributed by atoms with E-state index >= 15 is 0 Å². The predicted molar refractivity (Wildman–Crippen MR) is 98.1 cm³/mol. The van der Waals surface area contributed by atoms with Crippen molar-refractivity contribution in [2.45, 2.75) is 45.8 Å². The summed E-state index contributed by atoms with van der Waals surface area (Å²) in [6.07, 6.45) is 1.44. The minimum Gasteiger partial charge on any atom is -0.476 e. The zero-order chi connectivity index (χ0) is 19.8. The molecule has 1 saturated heterocycles. The van der Waals surface area contributed by atoms with Crippen molar-refractivity contribution in [1.29, 1.82) is 0 Å². The first kappa shape index (κ1) is 19.2. The standard InChI is InChI=1S/C19H25N3O5/c1-12-5-6-22-14(16(17(23)24)20-15(22)9-12)10-13-11-21(7-8-26-13)18(25)27-19(2,3)4/h5-6,9,13H,7-8,10-11H2,1-4H3,(H,23,24)/t13-/m0/s1. The van der Waals surface area contributed by atoms with Gasteiger partial charge in [0.15, 0.2) is 5.69 Å². The first-order valence-electron chi connectivity index (χ1n) is 8.94. The Bertz CT molecular complexity index is 868. The van der Waals surface area contributed by atoms with Gasteiger partial charge in [0.2, 0.25) is 0 Å². The molecule has 0 radical (unpaired) electrons. The molecule has 0 aromatic carbocycles. The number of hydrogen-bond donors (Lipinski definition) is 1. The van der Waals surface area contributed by atoms with Crippen LogP contribution >= 0.6 is 0 Å². The maximum atomic E-state index is 12.3. The Morgan fingerprint density at radius 3 is 2.81 bits per heavy atom. The van der Waals surface area contributed by atoms with E-state index in [-0.39, 0.29) is 17.9 Å². The van der Waals surface area contributed by atoms with E-state index in [1.165, 1.54) is 0 Å². The maximum absolute atomic E-state index is 12.3. The summed E-state index contributed by atoms with van der Waals surface area (Å²) >= 11 is 0. The van der Waals surface area contributed by atoms with Gasteiger partial charge < -0.3 is 23.9 Å². The fourth-order valence-corrected chi connectivity index (χ4v) is 3.11. The summed E-state index contributed by atoms with van der Waals surface area (Å²) in [5.41, 5.74) is 1.59. The number of amides is 1. The zero-order valence-corrected chi connectivity index (χ0v) is 16.1. The number of carbonyl (C=O) groups excluding carboxylic acids is 1. The van der Waals surface area contributed by atoms with Gasteiger partial charge in [-0.2, -0.15) is 0 Å². The molecule has 3 heterocycles. The predicted octanol–water partition coefficient (Wildman–Crippen LogP) is 2.52. The molecule has 146 valence electrons. The van der Waals surface area contributed by atoms with Crippen LogP contribution in [0.2, 0.25) is 0 Å². The number of morpholine rings is 1. The van der Waals surface area contributed by atoms with Gasteiger partial charge in [0.05, 0.1) is 24.9 Å². The molecule has 1 aliphatic heterocycles. The Kier molecular flexibility index (Phi) is 5.10. The second-order valence-corrected chi connectivity index (χ2v) is 7.77. The Labute approximate surface area is 157 Å². The van der Waals surface area contributed by atoms with Gasteiger partial charge in [-0.05, 0) is 45.4 Å². The SMILES string of the molecule is Cc1ccn2c(C[C@H]3CN(C(=O)OC(C)(C)C)CCO3)c(C(=O)O)nc2c1. The Hall–Kier alpha value is -2.61. The van der Waals surface area contributed by atoms with Gasteiger partial charge >= 0.3 is 12.1 Å². The van der Waals surface area contributed by atoms with Crippen LogP contribution in [0, 0.1) is 6.92 Å². The van der Waals surface area contributed by atoms with Crippen LogP contribution in [0.4, 0.5) is 4.79 Å². The summed E-state index contributed by atoms with van der Waals surface area (Å²) in [5, 5.41) is 9.53. The third-order valence-electron chi connectivity index (χ3n) is 4.29. The van der Waals surface area contributed by atoms with Crippen LogP contribution in [0.3, 0.4) is 0 Å². The number of aromatic carboxylic acids is 1. The minimum absolute atomic E-state index is 0.0126. The van der Waals surface area contributed by atoms with Gasteiger partial charge in [-0.3, -0.25) is 0 Å². The van der Waals surface area contributed by atoms with Gasteiger partial charge in [-0.1, -0.05) is 0 Å². The molecule has 1 amide bonds. The highest BCUT2D eigenvalue weighted by Crippen LogP contribution is 2.20. The van der Waals surface area contributed by atoms with Gasteiger partial charge in [-0.25, -0.2) is 14.6 Å². The lowest BCUT2D eigenvalue weighted by molar-refractivity contribution is -0.0419. The Morgan fingerprint density at radius 2 is 2.15 bits per heavy atom. The molecule has 0 spiro atoms. The largest absolute Gasteiger partial charge is 0.476 e. The number of aryl methyl sites for hydroxylation is 1. The number of fused-ring (bicyclic) bond motifs is 1. The van der Waals surface area contributed by atoms with Crippen molar-refractivity contribution in [1.82, 2.24) is 14.3 Å². The molecule has 2 aromatic rings. The molecule has 8 nitrogen and oxygen atoms in total. The fraction of sp³-hybridized carbons (Fsp3) is 0.526. The second-order valence-electron chi connectivity index (χ2n) is 7.77. The van der Waals surface area contributed by atoms with Crippen LogP contribution in [0.1, 0.15) is 42.5 Å². The molecule has 8 heteroatoms. The molecular formula is C19H25N3O5. The molecule has 1 N–H and O–H groups in total. The molecule has 3 rings (SSSR count). The average molecular weight is 375 g/mol. The molecular weight excluding hydrogens is 350 g/mol. The second kappa shape index (κ2) is 7.19. The number of ether oxygens (including phenoxy) is 2. The summed E-state index contributed by atoms with van der Waals surface area (Å²) in [6.45, 7) is 8.56. The van der Waals surface area contributed by atoms with E-state index in [1.54, 1.807) is 9.30 Å². The lowest BCUT2D eigenvalue weighted by Crippen LogP contribution is -2.48. The van der Waals surface area contributed by atoms with Crippen molar-refractivity contribution in [2.24, 2.45) is 0 Å². The van der Waals surface area contributed by atoms with E-state index in [1.807, 2.05) is 46.0 Å². The van der Waals surface area contributed by atoms with E-state index in [0.29, 0.717) is 37.5 Å². The Balaban J connectivity index is 1.81. The van der Waals surface area contributed by atoms with Crippen LogP contribution < -0.4 is 0 Å². The van der Waals surface area contributed by atoms with Crippen molar-refractivity contribution in [3.63, 3.8) is 0 Å². The number of hydrogen-bond acceptors (Lipinski definition) is 5. The van der Waals surface area contributed by atoms with E-state index < -0.39 is 11.6 Å². The van der Waals surface area contributed by atoms with E-state index in [4.69, 9.17) is 9.47 Å². The molecule has 0 bridgehead atoms. The van der Waals surface area contributed by atoms with Gasteiger partial charge in [0, 0.05) is 19.2 Å². The lowest BCUT2D eigenvalue weighted by atomic mass is 10.1. The molecule has 0 unspecified atom stereocenters. The number of carboxylic acids is 1. The first-order valence-corrected chi connectivity index (χ1v) is 8.94. The number of carbonyl (C=O) groups is 2. The summed E-state index contributed by atoms with van der Waals surface area (Å²) < 4.78 is 13.0. The fourth-order valence-electron chi connectivity index (χ4n) is 3.11. The van der Waals surface area contributed by atoms with E-state index in [2.05, 4.69) is 4.98 Å². The highest BCUT2D eigenvalue weighted by molar-refractivity contribution is 5.88. The minimum atomic E-state index is -1.08. The Morgan fingerprint density at radius 1 is 1.41 bits per heavy atom. The first-order chi connectivity index (χ1) is 12.6. The quantitative estimate of drug-likeness (QED) is 0.886. The number of carboxylic acid groups (broad SMARTS) is 1. The van der Waals surface area contributed by atoms with E-state index in [9.17, 15) is 14.7 Å². The number of rotatable bonds is 3. The van der Waals surface area contributed by atoms with Crippen LogP contribution in [0.15, 0.2) is 18.3 Å². The maximum Gasteiger partial charge on any atom is 0.410 e. The third kappa shape index (κ3) is 4.39. The number of pyridine rings is 1. The number of nitrogens with zero attached hydrogens (tertiary/aromatic N) is 3. The normalized spacial score (nSPS) is 17.9. The van der Waals surface area contributed by atoms with Gasteiger partial charge in [-0.15, -0.1) is 0 Å². The zero-order valence-electron chi connectivity index (χ0n) is 16.1. The molecule has 27 heavy (non-hydrogen) atoms. The summed E-state index contributed by atoms with van der Waals surface area (Å²) in [5.74, 6) is -1.08. The summed E-state index contributed by atoms with van der Waals surface area (Å²) in [7, 11) is 0. The van der Waals surface area contributed by atoms with Gasteiger partial charge in [0.25, 0.3) is 0 Å². The van der Waals surface area contributed by atoms with Crippen molar-refractivity contribution in [2.75, 3.05) is 19.7 Å². The van der Waals surface area contributed by atoms with Crippen LogP contribution in [0.25, 0.3) is 5.65 Å². The molecule has 0 aliphatic carbocycles. The lowest BCUT2D eigenvalue weighted by Gasteiger charge is -2.34. The van der Waals surface area contributed by atoms with Crippen LogP contribution in [0.5, 0.6) is 0 Å². The summed E-state index contributed by atoms with van der Waals surface area (Å²) in [4.78, 5) is 29.8. The highest BCUT2D eigenvalue weighted by Gasteiger charge is 2.30. The molecule has 0 saturated carbocycles. The summed E-state index contributed by atoms with van der Waals surface area (Å²) in [6, 6.07) is 3.74. The molecule has 1 aliphatic rings. The van der Waals surface area contributed by atoms with Crippen molar-refractivity contribution in [3.05, 3.63) is 35.3 Å². The number of imidazole rings is 1.